The van der Waals surface area contributed by atoms with Crippen LogP contribution in [0.2, 0.25) is 0 Å². The number of aromatic amines is 1. The first-order valence-electron chi connectivity index (χ1n) is 13.1. The number of rotatable bonds is 8. The van der Waals surface area contributed by atoms with Crippen LogP contribution in [0.1, 0.15) is 50.0 Å². The van der Waals surface area contributed by atoms with Crippen LogP contribution in [0.15, 0.2) is 48.8 Å². The van der Waals surface area contributed by atoms with E-state index >= 15 is 0 Å². The number of nitrogens with one attached hydrogen (secondary N) is 2. The number of imidazole rings is 1. The lowest BCUT2D eigenvalue weighted by Crippen LogP contribution is -2.48. The third-order valence-corrected chi connectivity index (χ3v) is 8.13. The van der Waals surface area contributed by atoms with Gasteiger partial charge < -0.3 is 15.2 Å². The standard InChI is InChI=1S/C28H38FN5/c1-30-27(21-8-3-2-4-9-21)23(22-10-5-6-11-24(22)29)14-15-33-16-18-34(19-17-33)26-13-7-12-25-28(26)32-20-31-25/h5-7,10-13,20-21,23,27,30H,2-4,8-9,14-19H2,1H3,(H,31,32). The van der Waals surface area contributed by atoms with Crippen molar-refractivity contribution in [2.24, 2.45) is 5.92 Å². The minimum absolute atomic E-state index is 0.0551. The third kappa shape index (κ3) is 4.98. The van der Waals surface area contributed by atoms with Crippen molar-refractivity contribution in [3.05, 3.63) is 60.2 Å². The molecule has 1 aliphatic heterocycles. The van der Waals surface area contributed by atoms with Gasteiger partial charge in [0.05, 0.1) is 17.5 Å². The molecule has 2 atom stereocenters. The SMILES string of the molecule is CNC(C1CCCCC1)C(CCN1CCN(c2cccc3[nH]cnc23)CC1)c1ccccc1F. The maximum Gasteiger partial charge on any atom is 0.126 e. The molecule has 1 saturated heterocycles. The number of piperazine rings is 1. The zero-order valence-corrected chi connectivity index (χ0v) is 20.3. The van der Waals surface area contributed by atoms with E-state index in [1.807, 2.05) is 18.2 Å². The average molecular weight is 464 g/mol. The number of nitrogens with zero attached hydrogens (tertiary/aromatic N) is 3. The van der Waals surface area contributed by atoms with Crippen LogP contribution in [-0.4, -0.2) is 60.7 Å². The molecule has 2 aliphatic rings. The smallest absolute Gasteiger partial charge is 0.126 e. The second-order valence-electron chi connectivity index (χ2n) is 10.0. The minimum atomic E-state index is -0.0551. The first-order chi connectivity index (χ1) is 16.7. The molecule has 1 aliphatic carbocycles. The van der Waals surface area contributed by atoms with Crippen LogP contribution in [0.25, 0.3) is 11.0 Å². The van der Waals surface area contributed by atoms with Crippen LogP contribution in [0, 0.1) is 11.7 Å². The van der Waals surface area contributed by atoms with Gasteiger partial charge in [-0.25, -0.2) is 9.37 Å². The van der Waals surface area contributed by atoms with Crippen molar-refractivity contribution in [3.8, 4) is 0 Å². The summed E-state index contributed by atoms with van der Waals surface area (Å²) in [5.74, 6) is 0.778. The summed E-state index contributed by atoms with van der Waals surface area (Å²) < 4.78 is 15.0. The molecule has 2 heterocycles. The zero-order chi connectivity index (χ0) is 23.3. The van der Waals surface area contributed by atoms with Crippen molar-refractivity contribution in [1.82, 2.24) is 20.2 Å². The summed E-state index contributed by atoms with van der Waals surface area (Å²) in [6, 6.07) is 14.1. The fraction of sp³-hybridized carbons (Fsp3) is 0.536. The first kappa shape index (κ1) is 23.3. The van der Waals surface area contributed by atoms with Crippen LogP contribution < -0.4 is 10.2 Å². The molecule has 6 heteroatoms. The van der Waals surface area contributed by atoms with Crippen molar-refractivity contribution >= 4 is 16.7 Å². The van der Waals surface area contributed by atoms with E-state index in [-0.39, 0.29) is 11.7 Å². The normalized spacial score (nSPS) is 20.0. The summed E-state index contributed by atoms with van der Waals surface area (Å²) in [6.45, 7) is 5.05. The van der Waals surface area contributed by atoms with Gasteiger partial charge in [-0.05, 0) is 62.5 Å². The van der Waals surface area contributed by atoms with E-state index < -0.39 is 0 Å². The number of aromatic nitrogens is 2. The highest BCUT2D eigenvalue weighted by molar-refractivity contribution is 5.88. The number of likely N-dealkylation sites (N-methyl/N-ethyl adjacent to an activating group) is 1. The molecule has 1 aromatic heterocycles. The summed E-state index contributed by atoms with van der Waals surface area (Å²) in [7, 11) is 2.07. The van der Waals surface area contributed by atoms with Gasteiger partial charge in [0, 0.05) is 38.1 Å². The molecular formula is C28H38FN5. The van der Waals surface area contributed by atoms with Gasteiger partial charge in [0.1, 0.15) is 11.3 Å². The summed E-state index contributed by atoms with van der Waals surface area (Å²) in [5, 5.41) is 3.63. The van der Waals surface area contributed by atoms with Gasteiger partial charge in [0.2, 0.25) is 0 Å². The second kappa shape index (κ2) is 10.9. The lowest BCUT2D eigenvalue weighted by Gasteiger charge is -2.39. The maximum atomic E-state index is 15.0. The lowest BCUT2D eigenvalue weighted by molar-refractivity contribution is 0.208. The molecule has 3 aromatic rings. The zero-order valence-electron chi connectivity index (χ0n) is 20.3. The molecule has 5 rings (SSSR count). The largest absolute Gasteiger partial charge is 0.367 e. The Labute approximate surface area is 202 Å². The van der Waals surface area contributed by atoms with Crippen molar-refractivity contribution in [1.29, 1.82) is 0 Å². The Hall–Kier alpha value is -2.44. The molecule has 182 valence electrons. The molecule has 0 bridgehead atoms. The number of fused-ring (bicyclic) bond motifs is 1. The minimum Gasteiger partial charge on any atom is -0.367 e. The molecule has 2 N–H and O–H groups in total. The van der Waals surface area contributed by atoms with E-state index in [0.717, 1.165) is 55.7 Å². The highest BCUT2D eigenvalue weighted by atomic mass is 19.1. The number of benzene rings is 2. The van der Waals surface area contributed by atoms with Crippen LogP contribution >= 0.6 is 0 Å². The number of anilines is 1. The van der Waals surface area contributed by atoms with E-state index in [2.05, 4.69) is 50.3 Å². The topological polar surface area (TPSA) is 47.2 Å². The average Bonchev–Trinajstić information content (AvgIpc) is 3.37. The first-order valence-corrected chi connectivity index (χ1v) is 13.1. The Kier molecular flexibility index (Phi) is 7.45. The molecule has 0 radical (unpaired) electrons. The third-order valence-electron chi connectivity index (χ3n) is 8.13. The van der Waals surface area contributed by atoms with Crippen LogP contribution in [0.4, 0.5) is 10.1 Å². The summed E-state index contributed by atoms with van der Waals surface area (Å²) in [5.41, 5.74) is 4.25. The van der Waals surface area contributed by atoms with E-state index in [1.54, 1.807) is 12.4 Å². The number of hydrogen-bond acceptors (Lipinski definition) is 4. The number of halogens is 1. The molecule has 1 saturated carbocycles. The van der Waals surface area contributed by atoms with Crippen molar-refractivity contribution < 1.29 is 4.39 Å². The highest BCUT2D eigenvalue weighted by Crippen LogP contribution is 2.36. The van der Waals surface area contributed by atoms with E-state index in [9.17, 15) is 4.39 Å². The van der Waals surface area contributed by atoms with Crippen molar-refractivity contribution in [2.75, 3.05) is 44.7 Å². The Morgan fingerprint density at radius 3 is 2.59 bits per heavy atom. The Balaban J connectivity index is 1.25. The Morgan fingerprint density at radius 2 is 1.82 bits per heavy atom. The van der Waals surface area contributed by atoms with Gasteiger partial charge in [0.25, 0.3) is 0 Å². The van der Waals surface area contributed by atoms with Gasteiger partial charge in [0.15, 0.2) is 0 Å². The maximum absolute atomic E-state index is 15.0. The predicted octanol–water partition coefficient (Wildman–Crippen LogP) is 5.17. The Bertz CT molecular complexity index is 1050. The predicted molar refractivity (Wildman–Crippen MR) is 138 cm³/mol. The van der Waals surface area contributed by atoms with Crippen LogP contribution in [0.3, 0.4) is 0 Å². The van der Waals surface area contributed by atoms with Crippen molar-refractivity contribution in [3.63, 3.8) is 0 Å². The number of hydrogen-bond donors (Lipinski definition) is 2. The van der Waals surface area contributed by atoms with Gasteiger partial charge in [-0.3, -0.25) is 4.90 Å². The van der Waals surface area contributed by atoms with Gasteiger partial charge >= 0.3 is 0 Å². The molecule has 0 spiro atoms. The number of para-hydroxylation sites is 1. The van der Waals surface area contributed by atoms with Crippen LogP contribution in [0.5, 0.6) is 0 Å². The Morgan fingerprint density at radius 1 is 1.03 bits per heavy atom. The molecule has 34 heavy (non-hydrogen) atoms. The summed E-state index contributed by atoms with van der Waals surface area (Å²) in [4.78, 5) is 12.8. The van der Waals surface area contributed by atoms with E-state index in [0.29, 0.717) is 12.0 Å². The molecule has 2 fully saturated rings. The van der Waals surface area contributed by atoms with Gasteiger partial charge in [-0.1, -0.05) is 43.5 Å². The fourth-order valence-corrected chi connectivity index (χ4v) is 6.30. The van der Waals surface area contributed by atoms with E-state index in [4.69, 9.17) is 0 Å². The summed E-state index contributed by atoms with van der Waals surface area (Å²) >= 11 is 0. The van der Waals surface area contributed by atoms with E-state index in [1.165, 1.54) is 37.8 Å². The lowest BCUT2D eigenvalue weighted by atomic mass is 9.75. The molecule has 5 nitrogen and oxygen atoms in total. The second-order valence-corrected chi connectivity index (χ2v) is 10.0. The molecule has 0 amide bonds. The highest BCUT2D eigenvalue weighted by Gasteiger charge is 2.32. The van der Waals surface area contributed by atoms with Crippen molar-refractivity contribution in [2.45, 2.75) is 50.5 Å². The quantitative estimate of drug-likeness (QED) is 0.484. The molecule has 2 unspecified atom stereocenters. The van der Waals surface area contributed by atoms with Gasteiger partial charge in [-0.2, -0.15) is 0 Å². The molecule has 2 aromatic carbocycles. The monoisotopic (exact) mass is 463 g/mol. The number of H-pyrrole nitrogens is 1. The van der Waals surface area contributed by atoms with Gasteiger partial charge in [-0.15, -0.1) is 0 Å². The fourth-order valence-electron chi connectivity index (χ4n) is 6.30. The van der Waals surface area contributed by atoms with Crippen LogP contribution in [-0.2, 0) is 0 Å². The summed E-state index contributed by atoms with van der Waals surface area (Å²) in [6.07, 6.45) is 9.22. The molecular weight excluding hydrogens is 425 g/mol.